The number of thioether (sulfide) groups is 1. The van der Waals surface area contributed by atoms with Crippen molar-refractivity contribution in [3.63, 3.8) is 0 Å². The Labute approximate surface area is 175 Å². The summed E-state index contributed by atoms with van der Waals surface area (Å²) in [5.74, 6) is 0.0619. The second-order valence-corrected chi connectivity index (χ2v) is 9.42. The first-order valence-electron chi connectivity index (χ1n) is 9.31. The zero-order valence-electron chi connectivity index (χ0n) is 16.0. The van der Waals surface area contributed by atoms with Crippen LogP contribution in [0.1, 0.15) is 0 Å². The van der Waals surface area contributed by atoms with E-state index in [9.17, 15) is 13.2 Å². The molecule has 2 aliphatic heterocycles. The molecule has 1 aromatic rings. The highest BCUT2D eigenvalue weighted by atomic mass is 32.2. The Balaban J connectivity index is 1.87. The summed E-state index contributed by atoms with van der Waals surface area (Å²) in [5, 5.41) is 11.5. The summed E-state index contributed by atoms with van der Waals surface area (Å²) >= 11 is 1.21. The smallest absolute Gasteiger partial charge is 0.243 e. The van der Waals surface area contributed by atoms with E-state index in [0.29, 0.717) is 58.3 Å². The lowest BCUT2D eigenvalue weighted by Gasteiger charge is -2.31. The van der Waals surface area contributed by atoms with E-state index in [4.69, 9.17) is 14.7 Å². The first kappa shape index (κ1) is 21.9. The van der Waals surface area contributed by atoms with Crippen LogP contribution in [-0.2, 0) is 24.3 Å². The zero-order valence-corrected chi connectivity index (χ0v) is 17.6. The Morgan fingerprint density at radius 1 is 1.14 bits per heavy atom. The molecule has 0 saturated carbocycles. The van der Waals surface area contributed by atoms with E-state index < -0.39 is 10.0 Å². The minimum Gasteiger partial charge on any atom is -0.379 e. The van der Waals surface area contributed by atoms with Gasteiger partial charge in [0.15, 0.2) is 0 Å². The molecular weight excluding hydrogens is 416 g/mol. The summed E-state index contributed by atoms with van der Waals surface area (Å²) in [6.45, 7) is 3.79. The maximum absolute atomic E-state index is 13.0. The summed E-state index contributed by atoms with van der Waals surface area (Å²) < 4.78 is 38.0. The molecule has 9 nitrogen and oxygen atoms in total. The van der Waals surface area contributed by atoms with Crippen LogP contribution in [0.3, 0.4) is 0 Å². The molecule has 0 spiro atoms. The van der Waals surface area contributed by atoms with E-state index in [2.05, 4.69) is 10.2 Å². The predicted octanol–water partition coefficient (Wildman–Crippen LogP) is 0.739. The Morgan fingerprint density at radius 2 is 1.79 bits per heavy atom. The molecule has 0 aliphatic carbocycles. The van der Waals surface area contributed by atoms with Gasteiger partial charge in [-0.25, -0.2) is 8.42 Å². The molecule has 0 aromatic heterocycles. The van der Waals surface area contributed by atoms with Crippen molar-refractivity contribution in [2.75, 3.05) is 74.3 Å². The Kier molecular flexibility index (Phi) is 7.74. The topological polar surface area (TPSA) is 112 Å². The van der Waals surface area contributed by atoms with Crippen molar-refractivity contribution in [3.8, 4) is 6.07 Å². The first-order valence-corrected chi connectivity index (χ1v) is 11.9. The lowest BCUT2D eigenvalue weighted by Crippen LogP contribution is -2.40. The van der Waals surface area contributed by atoms with Crippen LogP contribution in [0.5, 0.6) is 0 Å². The van der Waals surface area contributed by atoms with E-state index in [-0.39, 0.29) is 22.3 Å². The van der Waals surface area contributed by atoms with Gasteiger partial charge in [-0.05, 0) is 18.2 Å². The molecule has 0 radical (unpaired) electrons. The third-order valence-corrected chi connectivity index (χ3v) is 7.30. The fraction of sp³-hybridized carbons (Fsp3) is 0.556. The number of ether oxygens (including phenoxy) is 2. The number of carbonyl (C=O) groups excluding carboxylic acids is 1. The Bertz CT molecular complexity index is 859. The number of morpholine rings is 2. The van der Waals surface area contributed by atoms with Crippen LogP contribution in [0.25, 0.3) is 0 Å². The molecule has 158 valence electrons. The lowest BCUT2D eigenvalue weighted by atomic mass is 10.2. The molecule has 1 aromatic carbocycles. The van der Waals surface area contributed by atoms with Crippen molar-refractivity contribution >= 4 is 39.1 Å². The van der Waals surface area contributed by atoms with E-state index >= 15 is 0 Å². The second kappa shape index (κ2) is 10.3. The fourth-order valence-corrected chi connectivity index (χ4v) is 5.05. The van der Waals surface area contributed by atoms with Crippen LogP contribution < -0.4 is 10.2 Å². The summed E-state index contributed by atoms with van der Waals surface area (Å²) in [4.78, 5) is 14.5. The largest absolute Gasteiger partial charge is 0.379 e. The van der Waals surface area contributed by atoms with Crippen molar-refractivity contribution in [2.45, 2.75) is 4.90 Å². The third kappa shape index (κ3) is 5.61. The number of rotatable bonds is 7. The normalized spacial score (nSPS) is 18.2. The van der Waals surface area contributed by atoms with Crippen LogP contribution in [0.15, 0.2) is 23.1 Å². The van der Waals surface area contributed by atoms with Gasteiger partial charge >= 0.3 is 0 Å². The van der Waals surface area contributed by atoms with Gasteiger partial charge in [-0.1, -0.05) is 0 Å². The number of hydrogen-bond donors (Lipinski definition) is 1. The summed E-state index contributed by atoms with van der Waals surface area (Å²) in [7, 11) is -3.68. The molecule has 0 bridgehead atoms. The zero-order chi connectivity index (χ0) is 20.7. The first-order chi connectivity index (χ1) is 14.0. The van der Waals surface area contributed by atoms with E-state index in [1.807, 2.05) is 6.07 Å². The summed E-state index contributed by atoms with van der Waals surface area (Å²) in [6.07, 6.45) is 0. The van der Waals surface area contributed by atoms with Crippen molar-refractivity contribution < 1.29 is 22.7 Å². The van der Waals surface area contributed by atoms with Gasteiger partial charge in [-0.3, -0.25) is 4.79 Å². The minimum atomic E-state index is -3.68. The number of nitrogens with one attached hydrogen (secondary N) is 1. The van der Waals surface area contributed by atoms with Gasteiger partial charge in [0.05, 0.1) is 60.3 Å². The van der Waals surface area contributed by atoms with Crippen molar-refractivity contribution in [1.82, 2.24) is 4.31 Å². The number of amides is 1. The number of nitrogens with zero attached hydrogens (tertiary/aromatic N) is 3. The molecule has 1 N–H and O–H groups in total. The highest BCUT2D eigenvalue weighted by Crippen LogP contribution is 2.31. The van der Waals surface area contributed by atoms with Crippen LogP contribution in [0.4, 0.5) is 11.4 Å². The molecule has 0 atom stereocenters. The van der Waals surface area contributed by atoms with Gasteiger partial charge in [-0.15, -0.1) is 11.8 Å². The maximum Gasteiger partial charge on any atom is 0.243 e. The number of benzene rings is 1. The van der Waals surface area contributed by atoms with Gasteiger partial charge in [0.1, 0.15) is 0 Å². The average molecular weight is 441 g/mol. The van der Waals surface area contributed by atoms with E-state index in [1.54, 1.807) is 12.1 Å². The van der Waals surface area contributed by atoms with E-state index in [1.165, 1.54) is 22.1 Å². The Hall–Kier alpha value is -1.84. The SMILES string of the molecule is N#CCSCC(=O)Nc1cc(S(=O)(=O)N2CCOCC2)ccc1N1CCOCC1. The number of anilines is 2. The molecule has 11 heteroatoms. The molecule has 2 heterocycles. The number of nitriles is 1. The van der Waals surface area contributed by atoms with Gasteiger partial charge in [0.2, 0.25) is 15.9 Å². The molecule has 29 heavy (non-hydrogen) atoms. The molecular formula is C18H24N4O5S2. The predicted molar refractivity (Wildman–Crippen MR) is 111 cm³/mol. The minimum absolute atomic E-state index is 0.122. The molecule has 2 aliphatic rings. The molecule has 1 amide bonds. The highest BCUT2D eigenvalue weighted by molar-refractivity contribution is 8.00. The van der Waals surface area contributed by atoms with Gasteiger partial charge < -0.3 is 19.7 Å². The number of sulfonamides is 1. The van der Waals surface area contributed by atoms with Crippen LogP contribution >= 0.6 is 11.8 Å². The molecule has 3 rings (SSSR count). The average Bonchev–Trinajstić information content (AvgIpc) is 2.75. The monoisotopic (exact) mass is 440 g/mol. The van der Waals surface area contributed by atoms with Crippen molar-refractivity contribution in [1.29, 1.82) is 5.26 Å². The molecule has 2 fully saturated rings. The standard InChI is InChI=1S/C18H24N4O5S2/c19-3-12-28-14-18(23)20-16-13-15(29(24,25)22-6-10-27-11-7-22)1-2-17(16)21-4-8-26-9-5-21/h1-2,13H,4-12,14H2,(H,20,23). The highest BCUT2D eigenvalue weighted by Gasteiger charge is 2.28. The summed E-state index contributed by atoms with van der Waals surface area (Å²) in [5.41, 5.74) is 1.21. The van der Waals surface area contributed by atoms with Crippen LogP contribution in [-0.4, -0.2) is 82.7 Å². The van der Waals surface area contributed by atoms with E-state index in [0.717, 1.165) is 5.69 Å². The lowest BCUT2D eigenvalue weighted by molar-refractivity contribution is -0.113. The summed E-state index contributed by atoms with van der Waals surface area (Å²) in [6, 6.07) is 6.81. The fourth-order valence-electron chi connectivity index (χ4n) is 3.17. The van der Waals surface area contributed by atoms with Gasteiger partial charge in [0.25, 0.3) is 0 Å². The van der Waals surface area contributed by atoms with Crippen molar-refractivity contribution in [2.24, 2.45) is 0 Å². The van der Waals surface area contributed by atoms with Gasteiger partial charge in [0, 0.05) is 26.2 Å². The van der Waals surface area contributed by atoms with Gasteiger partial charge in [-0.2, -0.15) is 9.57 Å². The van der Waals surface area contributed by atoms with Crippen LogP contribution in [0, 0.1) is 11.3 Å². The molecule has 2 saturated heterocycles. The quantitative estimate of drug-likeness (QED) is 0.618. The Morgan fingerprint density at radius 3 is 2.45 bits per heavy atom. The number of carbonyl (C=O) groups is 1. The van der Waals surface area contributed by atoms with Crippen LogP contribution in [0.2, 0.25) is 0 Å². The molecule has 0 unspecified atom stereocenters. The second-order valence-electron chi connectivity index (χ2n) is 6.49. The van der Waals surface area contributed by atoms with Crippen molar-refractivity contribution in [3.05, 3.63) is 18.2 Å². The maximum atomic E-state index is 13.0. The number of hydrogen-bond acceptors (Lipinski definition) is 8. The third-order valence-electron chi connectivity index (χ3n) is 4.60.